The first kappa shape index (κ1) is 17.7. The Morgan fingerprint density at radius 1 is 1.08 bits per heavy atom. The van der Waals surface area contributed by atoms with Crippen molar-refractivity contribution in [3.8, 4) is 11.5 Å². The van der Waals surface area contributed by atoms with E-state index in [1.54, 1.807) is 25.1 Å². The Morgan fingerprint density at radius 2 is 1.75 bits per heavy atom. The maximum absolute atomic E-state index is 12.3. The Hall–Kier alpha value is -2.69. The van der Waals surface area contributed by atoms with Gasteiger partial charge in [-0.25, -0.2) is 0 Å². The molecule has 5 nitrogen and oxygen atoms in total. The van der Waals surface area contributed by atoms with Crippen LogP contribution in [0.15, 0.2) is 42.5 Å². The first-order valence-corrected chi connectivity index (χ1v) is 7.91. The summed E-state index contributed by atoms with van der Waals surface area (Å²) in [6, 6.07) is 12.8. The second kappa shape index (κ2) is 7.73. The van der Waals surface area contributed by atoms with Crippen LogP contribution in [0.4, 0.5) is 11.4 Å². The van der Waals surface area contributed by atoms with E-state index in [0.29, 0.717) is 28.8 Å². The Bertz CT molecular complexity index is 696. The van der Waals surface area contributed by atoms with Gasteiger partial charge in [0.05, 0.1) is 12.8 Å². The smallest absolute Gasteiger partial charge is 0.265 e. The molecular formula is C19H24N2O3. The van der Waals surface area contributed by atoms with Crippen LogP contribution in [0.5, 0.6) is 11.5 Å². The minimum absolute atomic E-state index is 0.271. The van der Waals surface area contributed by atoms with E-state index >= 15 is 0 Å². The number of carbonyl (C=O) groups excluding carboxylic acids is 1. The lowest BCUT2D eigenvalue weighted by atomic mass is 10.0. The highest BCUT2D eigenvalue weighted by Crippen LogP contribution is 2.27. The lowest BCUT2D eigenvalue weighted by Crippen LogP contribution is -2.30. The largest absolute Gasteiger partial charge is 0.495 e. The second-order valence-corrected chi connectivity index (χ2v) is 5.93. The highest BCUT2D eigenvalue weighted by molar-refractivity contribution is 5.95. The van der Waals surface area contributed by atoms with Gasteiger partial charge in [0.1, 0.15) is 11.5 Å². The average molecular weight is 328 g/mol. The molecule has 1 amide bonds. The van der Waals surface area contributed by atoms with Crippen molar-refractivity contribution in [1.82, 2.24) is 0 Å². The van der Waals surface area contributed by atoms with Crippen molar-refractivity contribution in [3.05, 3.63) is 48.0 Å². The lowest BCUT2D eigenvalue weighted by molar-refractivity contribution is -0.122. The molecule has 0 aromatic heterocycles. The van der Waals surface area contributed by atoms with E-state index in [1.807, 2.05) is 24.3 Å². The molecule has 0 bridgehead atoms. The average Bonchev–Trinajstić information content (AvgIpc) is 2.55. The van der Waals surface area contributed by atoms with E-state index < -0.39 is 6.10 Å². The van der Waals surface area contributed by atoms with Crippen LogP contribution in [-0.2, 0) is 4.79 Å². The molecule has 0 heterocycles. The van der Waals surface area contributed by atoms with Crippen molar-refractivity contribution in [2.75, 3.05) is 18.2 Å². The van der Waals surface area contributed by atoms with Crippen LogP contribution in [0.1, 0.15) is 32.3 Å². The van der Waals surface area contributed by atoms with Crippen LogP contribution in [0.25, 0.3) is 0 Å². The number of carbonyl (C=O) groups is 1. The number of methoxy groups -OCH3 is 1. The number of nitrogen functional groups attached to an aromatic ring is 1. The highest BCUT2D eigenvalue weighted by atomic mass is 16.5. The molecule has 0 saturated heterocycles. The first-order chi connectivity index (χ1) is 11.4. The molecule has 0 fully saturated rings. The summed E-state index contributed by atoms with van der Waals surface area (Å²) in [5.41, 5.74) is 8.05. The Labute approximate surface area is 142 Å². The van der Waals surface area contributed by atoms with Crippen molar-refractivity contribution >= 4 is 17.3 Å². The lowest BCUT2D eigenvalue weighted by Gasteiger charge is -2.17. The fourth-order valence-corrected chi connectivity index (χ4v) is 2.25. The number of hydrogen-bond acceptors (Lipinski definition) is 4. The van der Waals surface area contributed by atoms with Crippen LogP contribution in [0.3, 0.4) is 0 Å². The number of nitrogens with one attached hydrogen (secondary N) is 1. The molecular weight excluding hydrogens is 304 g/mol. The van der Waals surface area contributed by atoms with Gasteiger partial charge in [-0.2, -0.15) is 0 Å². The molecule has 0 aliphatic heterocycles. The van der Waals surface area contributed by atoms with E-state index in [-0.39, 0.29) is 5.91 Å². The van der Waals surface area contributed by atoms with E-state index in [4.69, 9.17) is 15.2 Å². The second-order valence-electron chi connectivity index (χ2n) is 5.93. The monoisotopic (exact) mass is 328 g/mol. The minimum atomic E-state index is -0.652. The molecule has 0 spiro atoms. The van der Waals surface area contributed by atoms with Crippen LogP contribution < -0.4 is 20.5 Å². The van der Waals surface area contributed by atoms with E-state index in [9.17, 15) is 4.79 Å². The maximum Gasteiger partial charge on any atom is 0.265 e. The summed E-state index contributed by atoms with van der Waals surface area (Å²) in [4.78, 5) is 12.3. The quantitative estimate of drug-likeness (QED) is 0.791. The topological polar surface area (TPSA) is 73.6 Å². The van der Waals surface area contributed by atoms with Crippen molar-refractivity contribution in [1.29, 1.82) is 0 Å². The van der Waals surface area contributed by atoms with Crippen LogP contribution in [0.2, 0.25) is 0 Å². The molecule has 0 radical (unpaired) electrons. The Kier molecular flexibility index (Phi) is 5.68. The molecule has 128 valence electrons. The van der Waals surface area contributed by atoms with Gasteiger partial charge >= 0.3 is 0 Å². The summed E-state index contributed by atoms with van der Waals surface area (Å²) >= 11 is 0. The number of rotatable bonds is 6. The van der Waals surface area contributed by atoms with E-state index in [2.05, 4.69) is 19.2 Å². The number of benzene rings is 2. The third kappa shape index (κ3) is 4.41. The highest BCUT2D eigenvalue weighted by Gasteiger charge is 2.17. The fourth-order valence-electron chi connectivity index (χ4n) is 2.25. The zero-order chi connectivity index (χ0) is 17.7. The summed E-state index contributed by atoms with van der Waals surface area (Å²) in [6.07, 6.45) is -0.652. The minimum Gasteiger partial charge on any atom is -0.495 e. The molecule has 2 rings (SSSR count). The van der Waals surface area contributed by atoms with Crippen molar-refractivity contribution in [2.24, 2.45) is 0 Å². The van der Waals surface area contributed by atoms with Gasteiger partial charge in [-0.1, -0.05) is 26.0 Å². The van der Waals surface area contributed by atoms with Crippen molar-refractivity contribution < 1.29 is 14.3 Å². The zero-order valence-corrected chi connectivity index (χ0v) is 14.5. The van der Waals surface area contributed by atoms with E-state index in [0.717, 1.165) is 0 Å². The number of hydrogen-bond donors (Lipinski definition) is 2. The number of nitrogens with two attached hydrogens (primary N) is 1. The van der Waals surface area contributed by atoms with Gasteiger partial charge < -0.3 is 20.5 Å². The predicted molar refractivity (Wildman–Crippen MR) is 96.7 cm³/mol. The van der Waals surface area contributed by atoms with Gasteiger partial charge in [-0.15, -0.1) is 0 Å². The predicted octanol–water partition coefficient (Wildman–Crippen LogP) is 3.81. The van der Waals surface area contributed by atoms with Gasteiger partial charge in [0.25, 0.3) is 5.91 Å². The zero-order valence-electron chi connectivity index (χ0n) is 14.5. The maximum atomic E-state index is 12.3. The molecule has 0 aliphatic carbocycles. The van der Waals surface area contributed by atoms with Gasteiger partial charge in [0.2, 0.25) is 0 Å². The summed E-state index contributed by atoms with van der Waals surface area (Å²) in [6.45, 7) is 5.96. The Balaban J connectivity index is 2.03. The standard InChI is InChI=1S/C19H24N2O3/c1-12(2)14-5-8-16(9-6-14)24-13(3)19(22)21-17-11-15(20)7-10-18(17)23-4/h5-13H,20H2,1-4H3,(H,21,22)/t13-/m1/s1. The van der Waals surface area contributed by atoms with Crippen molar-refractivity contribution in [2.45, 2.75) is 32.8 Å². The molecule has 0 aliphatic rings. The molecule has 24 heavy (non-hydrogen) atoms. The summed E-state index contributed by atoms with van der Waals surface area (Å²) in [7, 11) is 1.54. The first-order valence-electron chi connectivity index (χ1n) is 7.91. The van der Waals surface area contributed by atoms with E-state index in [1.165, 1.54) is 12.7 Å². The summed E-state index contributed by atoms with van der Waals surface area (Å²) < 4.78 is 10.9. The molecule has 0 saturated carbocycles. The van der Waals surface area contributed by atoms with Crippen molar-refractivity contribution in [3.63, 3.8) is 0 Å². The Morgan fingerprint density at radius 3 is 2.33 bits per heavy atom. The molecule has 5 heteroatoms. The molecule has 2 aromatic carbocycles. The molecule has 0 unspecified atom stereocenters. The number of amides is 1. The van der Waals surface area contributed by atoms with Crippen LogP contribution >= 0.6 is 0 Å². The molecule has 2 aromatic rings. The van der Waals surface area contributed by atoms with Gasteiger partial charge in [-0.05, 0) is 48.7 Å². The normalized spacial score (nSPS) is 11.9. The van der Waals surface area contributed by atoms with Gasteiger partial charge in [-0.3, -0.25) is 4.79 Å². The molecule has 3 N–H and O–H groups in total. The number of anilines is 2. The van der Waals surface area contributed by atoms with Crippen LogP contribution in [0, 0.1) is 0 Å². The number of ether oxygens (including phenoxy) is 2. The fraction of sp³-hybridized carbons (Fsp3) is 0.316. The molecule has 1 atom stereocenters. The third-order valence-electron chi connectivity index (χ3n) is 3.71. The van der Waals surface area contributed by atoms with Gasteiger partial charge in [0, 0.05) is 5.69 Å². The SMILES string of the molecule is COc1ccc(N)cc1NC(=O)[C@@H](C)Oc1ccc(C(C)C)cc1. The summed E-state index contributed by atoms with van der Waals surface area (Å²) in [5, 5.41) is 2.78. The summed E-state index contributed by atoms with van der Waals surface area (Å²) in [5.74, 6) is 1.38. The van der Waals surface area contributed by atoms with Crippen LogP contribution in [-0.4, -0.2) is 19.1 Å². The third-order valence-corrected chi connectivity index (χ3v) is 3.71. The van der Waals surface area contributed by atoms with Gasteiger partial charge in [0.15, 0.2) is 6.10 Å².